The first-order valence-electron chi connectivity index (χ1n) is 8.94. The molecule has 1 heterocycles. The fourth-order valence-corrected chi connectivity index (χ4v) is 3.03. The molecule has 0 bridgehead atoms. The molecule has 0 aliphatic carbocycles. The van der Waals surface area contributed by atoms with Crippen LogP contribution >= 0.6 is 0 Å². The van der Waals surface area contributed by atoms with E-state index in [1.54, 1.807) is 18.5 Å². The summed E-state index contributed by atoms with van der Waals surface area (Å²) in [4.78, 5) is 4.67. The predicted molar refractivity (Wildman–Crippen MR) is 105 cm³/mol. The quantitative estimate of drug-likeness (QED) is 0.415. The van der Waals surface area contributed by atoms with Gasteiger partial charge < -0.3 is 15.2 Å². The summed E-state index contributed by atoms with van der Waals surface area (Å²) in [6.07, 6.45) is 3.28. The van der Waals surface area contributed by atoms with Crippen LogP contribution in [0.2, 0.25) is 0 Å². The van der Waals surface area contributed by atoms with Crippen molar-refractivity contribution < 1.29 is 8.42 Å². The molecule has 9 nitrogen and oxygen atoms in total. The first-order chi connectivity index (χ1) is 12.9. The molecule has 1 aromatic carbocycles. The normalized spacial score (nSPS) is 12.2. The van der Waals surface area contributed by atoms with E-state index >= 15 is 0 Å². The lowest BCUT2D eigenvalue weighted by molar-refractivity contribution is 0.598. The highest BCUT2D eigenvalue weighted by Crippen LogP contribution is 2.09. The van der Waals surface area contributed by atoms with Crippen LogP contribution in [0, 0.1) is 0 Å². The summed E-state index contributed by atoms with van der Waals surface area (Å²) in [6, 6.07) is 6.55. The van der Waals surface area contributed by atoms with Crippen molar-refractivity contribution in [1.82, 2.24) is 25.4 Å². The Labute approximate surface area is 160 Å². The van der Waals surface area contributed by atoms with E-state index in [1.807, 2.05) is 11.5 Å². The predicted octanol–water partition coefficient (Wildman–Crippen LogP) is 0.286. The van der Waals surface area contributed by atoms with Crippen molar-refractivity contribution in [1.29, 1.82) is 0 Å². The van der Waals surface area contributed by atoms with Crippen LogP contribution in [0.5, 0.6) is 0 Å². The van der Waals surface area contributed by atoms with Gasteiger partial charge >= 0.3 is 0 Å². The molecule has 2 rings (SSSR count). The van der Waals surface area contributed by atoms with Gasteiger partial charge in [0.2, 0.25) is 10.0 Å². The number of benzene rings is 1. The standard InChI is InChI=1S/C17H27N7O2S/c1-3-16-23-22-13-24(16)12-11-21-17(19-4-2)20-10-9-14-5-7-15(8-6-14)27(18,25)26/h5-8,13H,3-4,9-12H2,1-2H3,(H2,18,25,26)(H2,19,20,21). The number of nitrogens with zero attached hydrogens (tertiary/aromatic N) is 4. The van der Waals surface area contributed by atoms with Crippen LogP contribution in [0.15, 0.2) is 40.5 Å². The van der Waals surface area contributed by atoms with E-state index in [0.29, 0.717) is 19.5 Å². The minimum atomic E-state index is -3.65. The minimum absolute atomic E-state index is 0.116. The number of aromatic nitrogens is 3. The van der Waals surface area contributed by atoms with E-state index in [4.69, 9.17) is 5.14 Å². The van der Waals surface area contributed by atoms with Crippen molar-refractivity contribution in [3.63, 3.8) is 0 Å². The Hall–Kier alpha value is -2.46. The lowest BCUT2D eigenvalue weighted by atomic mass is 10.1. The summed E-state index contributed by atoms with van der Waals surface area (Å²) >= 11 is 0. The van der Waals surface area contributed by atoms with Gasteiger partial charge in [0, 0.05) is 32.6 Å². The maximum Gasteiger partial charge on any atom is 0.238 e. The molecule has 10 heteroatoms. The second-order valence-corrected chi connectivity index (χ2v) is 7.48. The summed E-state index contributed by atoms with van der Waals surface area (Å²) in [6.45, 7) is 6.88. The van der Waals surface area contributed by atoms with Gasteiger partial charge in [-0.05, 0) is 31.0 Å². The molecule has 2 aromatic rings. The highest BCUT2D eigenvalue weighted by atomic mass is 32.2. The topological polar surface area (TPSA) is 127 Å². The molecule has 4 N–H and O–H groups in total. The molecule has 148 valence electrons. The summed E-state index contributed by atoms with van der Waals surface area (Å²) in [5, 5.41) is 19.6. The van der Waals surface area contributed by atoms with Crippen LogP contribution in [0.1, 0.15) is 25.2 Å². The van der Waals surface area contributed by atoms with E-state index in [2.05, 4.69) is 32.7 Å². The van der Waals surface area contributed by atoms with Gasteiger partial charge in [0.25, 0.3) is 0 Å². The minimum Gasteiger partial charge on any atom is -0.357 e. The number of aliphatic imine (C=N–C) groups is 1. The highest BCUT2D eigenvalue weighted by Gasteiger charge is 2.06. The summed E-state index contributed by atoms with van der Waals surface area (Å²) in [5.41, 5.74) is 0.999. The maximum atomic E-state index is 11.3. The average molecular weight is 394 g/mol. The average Bonchev–Trinajstić information content (AvgIpc) is 3.09. The fraction of sp³-hybridized carbons (Fsp3) is 0.471. The van der Waals surface area contributed by atoms with Crippen LogP contribution in [0.25, 0.3) is 0 Å². The van der Waals surface area contributed by atoms with E-state index in [1.165, 1.54) is 12.1 Å². The summed E-state index contributed by atoms with van der Waals surface area (Å²) in [5.74, 6) is 1.70. The van der Waals surface area contributed by atoms with Crippen LogP contribution < -0.4 is 15.8 Å². The van der Waals surface area contributed by atoms with E-state index in [-0.39, 0.29) is 4.90 Å². The lowest BCUT2D eigenvalue weighted by Crippen LogP contribution is -2.39. The van der Waals surface area contributed by atoms with Crippen molar-refractivity contribution in [2.75, 3.05) is 19.6 Å². The second kappa shape index (κ2) is 10.0. The lowest BCUT2D eigenvalue weighted by Gasteiger charge is -2.12. The Morgan fingerprint density at radius 1 is 1.22 bits per heavy atom. The van der Waals surface area contributed by atoms with Crippen molar-refractivity contribution >= 4 is 16.0 Å². The van der Waals surface area contributed by atoms with Gasteiger partial charge in [-0.2, -0.15) is 0 Å². The van der Waals surface area contributed by atoms with Crippen LogP contribution in [0.3, 0.4) is 0 Å². The Morgan fingerprint density at radius 3 is 2.59 bits per heavy atom. The van der Waals surface area contributed by atoms with Crippen molar-refractivity contribution in [2.45, 2.75) is 38.1 Å². The molecule has 0 fully saturated rings. The van der Waals surface area contributed by atoms with Crippen molar-refractivity contribution in [3.8, 4) is 0 Å². The van der Waals surface area contributed by atoms with Gasteiger partial charge in [0.1, 0.15) is 12.2 Å². The Balaban J connectivity index is 1.85. The number of aryl methyl sites for hydroxylation is 1. The first-order valence-corrected chi connectivity index (χ1v) is 10.5. The zero-order valence-corrected chi connectivity index (χ0v) is 16.5. The number of nitrogens with two attached hydrogens (primary N) is 1. The monoisotopic (exact) mass is 393 g/mol. The van der Waals surface area contributed by atoms with Crippen LogP contribution in [-0.4, -0.2) is 48.8 Å². The Morgan fingerprint density at radius 2 is 1.96 bits per heavy atom. The molecular weight excluding hydrogens is 366 g/mol. The van der Waals surface area contributed by atoms with Gasteiger partial charge in [0.15, 0.2) is 5.96 Å². The van der Waals surface area contributed by atoms with Crippen LogP contribution in [-0.2, 0) is 29.4 Å². The molecule has 0 aliphatic rings. The third-order valence-electron chi connectivity index (χ3n) is 3.92. The van der Waals surface area contributed by atoms with E-state index < -0.39 is 10.0 Å². The first kappa shape index (κ1) is 20.8. The van der Waals surface area contributed by atoms with E-state index in [0.717, 1.165) is 36.9 Å². The van der Waals surface area contributed by atoms with Gasteiger partial charge in [-0.1, -0.05) is 19.1 Å². The molecule has 1 aromatic heterocycles. The number of hydrogen-bond donors (Lipinski definition) is 3. The van der Waals surface area contributed by atoms with Gasteiger partial charge in [0.05, 0.1) is 4.90 Å². The summed E-state index contributed by atoms with van der Waals surface area (Å²) in [7, 11) is -3.65. The number of primary sulfonamides is 1. The van der Waals surface area contributed by atoms with Gasteiger partial charge in [-0.25, -0.2) is 13.6 Å². The second-order valence-electron chi connectivity index (χ2n) is 5.92. The molecule has 0 radical (unpaired) electrons. The van der Waals surface area contributed by atoms with Crippen LogP contribution in [0.4, 0.5) is 0 Å². The Kier molecular flexibility index (Phi) is 7.74. The fourth-order valence-electron chi connectivity index (χ4n) is 2.52. The molecular formula is C17H27N7O2S. The maximum absolute atomic E-state index is 11.3. The summed E-state index contributed by atoms with van der Waals surface area (Å²) < 4.78 is 24.6. The SMILES string of the molecule is CCNC(=NCCc1ccc(S(N)(=O)=O)cc1)NCCn1cnnc1CC. The number of rotatable bonds is 9. The van der Waals surface area contributed by atoms with Crippen molar-refractivity contribution in [3.05, 3.63) is 42.0 Å². The zero-order chi connectivity index (χ0) is 19.7. The molecule has 0 saturated carbocycles. The number of hydrogen-bond acceptors (Lipinski definition) is 5. The third-order valence-corrected chi connectivity index (χ3v) is 4.85. The van der Waals surface area contributed by atoms with Gasteiger partial charge in [-0.3, -0.25) is 4.99 Å². The molecule has 0 unspecified atom stereocenters. The third kappa shape index (κ3) is 6.65. The molecule has 0 saturated heterocycles. The molecule has 0 aliphatic heterocycles. The number of guanidine groups is 1. The smallest absolute Gasteiger partial charge is 0.238 e. The van der Waals surface area contributed by atoms with Gasteiger partial charge in [-0.15, -0.1) is 10.2 Å². The number of nitrogens with one attached hydrogen (secondary N) is 2. The largest absolute Gasteiger partial charge is 0.357 e. The van der Waals surface area contributed by atoms with E-state index in [9.17, 15) is 8.42 Å². The molecule has 0 spiro atoms. The highest BCUT2D eigenvalue weighted by molar-refractivity contribution is 7.89. The molecule has 27 heavy (non-hydrogen) atoms. The zero-order valence-electron chi connectivity index (χ0n) is 15.7. The molecule has 0 atom stereocenters. The Bertz CT molecular complexity index is 844. The van der Waals surface area contributed by atoms with Crippen molar-refractivity contribution in [2.24, 2.45) is 10.1 Å². The molecule has 0 amide bonds. The number of sulfonamides is 1.